The summed E-state index contributed by atoms with van der Waals surface area (Å²) in [4.78, 5) is 0. The molecule has 3 heteroatoms. The van der Waals surface area contributed by atoms with Crippen molar-refractivity contribution < 1.29 is 5.11 Å². The Hall–Kier alpha value is -1.51. The molecule has 0 amide bonds. The van der Waals surface area contributed by atoms with E-state index in [0.717, 1.165) is 17.3 Å². The molecule has 2 rings (SSSR count). The molecular weight excluding hydrogens is 164 g/mol. The summed E-state index contributed by atoms with van der Waals surface area (Å²) in [6, 6.07) is 5.30. The van der Waals surface area contributed by atoms with Gasteiger partial charge in [-0.15, -0.1) is 0 Å². The first kappa shape index (κ1) is 8.10. The summed E-state index contributed by atoms with van der Waals surface area (Å²) in [5.74, 6) is 0.272. The van der Waals surface area contributed by atoms with Crippen LogP contribution in [-0.2, 0) is 13.5 Å². The van der Waals surface area contributed by atoms with E-state index >= 15 is 0 Å². The average molecular weight is 176 g/mol. The van der Waals surface area contributed by atoms with Gasteiger partial charge in [-0.25, -0.2) is 0 Å². The van der Waals surface area contributed by atoms with Crippen LogP contribution in [0, 0.1) is 0 Å². The maximum absolute atomic E-state index is 9.25. The highest BCUT2D eigenvalue weighted by Crippen LogP contribution is 2.22. The van der Waals surface area contributed by atoms with Crippen LogP contribution in [-0.4, -0.2) is 14.9 Å². The van der Waals surface area contributed by atoms with Crippen LogP contribution in [0.5, 0.6) is 5.75 Å². The second-order valence-corrected chi connectivity index (χ2v) is 3.13. The van der Waals surface area contributed by atoms with Crippen molar-refractivity contribution >= 4 is 10.9 Å². The molecule has 1 aromatic heterocycles. The first-order valence-corrected chi connectivity index (χ1v) is 4.37. The fraction of sp³-hybridized carbons (Fsp3) is 0.300. The second kappa shape index (κ2) is 2.76. The van der Waals surface area contributed by atoms with Gasteiger partial charge in [0, 0.05) is 24.2 Å². The Kier molecular flexibility index (Phi) is 1.72. The Bertz CT molecular complexity index is 445. The van der Waals surface area contributed by atoms with Crippen molar-refractivity contribution in [1.82, 2.24) is 9.78 Å². The molecule has 0 aliphatic heterocycles. The summed E-state index contributed by atoms with van der Waals surface area (Å²) in [5.41, 5.74) is 2.06. The zero-order valence-electron chi connectivity index (χ0n) is 7.78. The van der Waals surface area contributed by atoms with E-state index < -0.39 is 0 Å². The van der Waals surface area contributed by atoms with E-state index in [9.17, 15) is 5.11 Å². The number of phenolic OH excluding ortho intramolecular Hbond substituents is 1. The zero-order valence-corrected chi connectivity index (χ0v) is 7.78. The molecule has 0 radical (unpaired) electrons. The Morgan fingerprint density at radius 2 is 2.23 bits per heavy atom. The van der Waals surface area contributed by atoms with Crippen molar-refractivity contribution in [1.29, 1.82) is 0 Å². The van der Waals surface area contributed by atoms with Crippen LogP contribution in [0.25, 0.3) is 10.9 Å². The number of aryl methyl sites for hydroxylation is 2. The van der Waals surface area contributed by atoms with E-state index in [2.05, 4.69) is 12.0 Å². The quantitative estimate of drug-likeness (QED) is 0.720. The van der Waals surface area contributed by atoms with E-state index in [1.165, 1.54) is 5.69 Å². The lowest BCUT2D eigenvalue weighted by Crippen LogP contribution is -1.95. The SMILES string of the molecule is CCc1c2ccc(O)cc2nn1C. The van der Waals surface area contributed by atoms with Crippen LogP contribution in [0.2, 0.25) is 0 Å². The lowest BCUT2D eigenvalue weighted by molar-refractivity contribution is 0.476. The monoisotopic (exact) mass is 176 g/mol. The van der Waals surface area contributed by atoms with Crippen molar-refractivity contribution in [2.75, 3.05) is 0 Å². The Morgan fingerprint density at radius 3 is 2.92 bits per heavy atom. The van der Waals surface area contributed by atoms with Crippen LogP contribution in [0.4, 0.5) is 0 Å². The zero-order chi connectivity index (χ0) is 9.42. The normalized spacial score (nSPS) is 10.9. The molecular formula is C10H12N2O. The number of aromatic hydroxyl groups is 1. The van der Waals surface area contributed by atoms with Crippen LogP contribution >= 0.6 is 0 Å². The number of benzene rings is 1. The number of hydrogen-bond acceptors (Lipinski definition) is 2. The Morgan fingerprint density at radius 1 is 1.46 bits per heavy atom. The summed E-state index contributed by atoms with van der Waals surface area (Å²) in [6.45, 7) is 2.10. The first-order valence-electron chi connectivity index (χ1n) is 4.37. The van der Waals surface area contributed by atoms with Gasteiger partial charge in [0.2, 0.25) is 0 Å². The maximum Gasteiger partial charge on any atom is 0.117 e. The van der Waals surface area contributed by atoms with Gasteiger partial charge in [-0.3, -0.25) is 4.68 Å². The van der Waals surface area contributed by atoms with Gasteiger partial charge in [-0.05, 0) is 18.6 Å². The van der Waals surface area contributed by atoms with Gasteiger partial charge in [-0.2, -0.15) is 5.10 Å². The van der Waals surface area contributed by atoms with E-state index in [0.29, 0.717) is 0 Å². The molecule has 0 atom stereocenters. The van der Waals surface area contributed by atoms with Crippen molar-refractivity contribution in [3.63, 3.8) is 0 Å². The standard InChI is InChI=1S/C10H12N2O/c1-3-10-8-5-4-7(13)6-9(8)11-12(10)2/h4-6,13H,3H2,1-2H3. The van der Waals surface area contributed by atoms with E-state index in [1.807, 2.05) is 17.8 Å². The van der Waals surface area contributed by atoms with E-state index in [-0.39, 0.29) is 5.75 Å². The number of rotatable bonds is 1. The minimum absolute atomic E-state index is 0.272. The third-order valence-corrected chi connectivity index (χ3v) is 2.28. The lowest BCUT2D eigenvalue weighted by Gasteiger charge is -1.96. The van der Waals surface area contributed by atoms with Crippen LogP contribution in [0.1, 0.15) is 12.6 Å². The van der Waals surface area contributed by atoms with Crippen molar-refractivity contribution in [3.05, 3.63) is 23.9 Å². The Labute approximate surface area is 76.6 Å². The highest BCUT2D eigenvalue weighted by atomic mass is 16.3. The van der Waals surface area contributed by atoms with Gasteiger partial charge in [0.25, 0.3) is 0 Å². The molecule has 0 unspecified atom stereocenters. The molecule has 1 N–H and O–H groups in total. The lowest BCUT2D eigenvalue weighted by atomic mass is 10.2. The third kappa shape index (κ3) is 1.16. The number of fused-ring (bicyclic) bond motifs is 1. The largest absolute Gasteiger partial charge is 0.508 e. The minimum atomic E-state index is 0.272. The van der Waals surface area contributed by atoms with Crippen molar-refractivity contribution in [2.45, 2.75) is 13.3 Å². The molecule has 0 bridgehead atoms. The van der Waals surface area contributed by atoms with E-state index in [4.69, 9.17) is 0 Å². The summed E-state index contributed by atoms with van der Waals surface area (Å²) in [7, 11) is 1.93. The van der Waals surface area contributed by atoms with Gasteiger partial charge in [-0.1, -0.05) is 6.92 Å². The summed E-state index contributed by atoms with van der Waals surface area (Å²) < 4.78 is 1.87. The molecule has 3 nitrogen and oxygen atoms in total. The van der Waals surface area contributed by atoms with Gasteiger partial charge in [0.1, 0.15) is 5.75 Å². The predicted octanol–water partition coefficient (Wildman–Crippen LogP) is 1.84. The molecule has 0 saturated carbocycles. The molecule has 0 spiro atoms. The molecule has 2 aromatic rings. The van der Waals surface area contributed by atoms with Gasteiger partial charge >= 0.3 is 0 Å². The fourth-order valence-corrected chi connectivity index (χ4v) is 1.66. The van der Waals surface area contributed by atoms with Gasteiger partial charge in [0.05, 0.1) is 5.52 Å². The smallest absolute Gasteiger partial charge is 0.117 e. The predicted molar refractivity (Wildman–Crippen MR) is 51.8 cm³/mol. The van der Waals surface area contributed by atoms with Gasteiger partial charge < -0.3 is 5.11 Å². The summed E-state index contributed by atoms with van der Waals surface area (Å²) in [5, 5.41) is 14.7. The van der Waals surface area contributed by atoms with Crippen LogP contribution in [0.3, 0.4) is 0 Å². The van der Waals surface area contributed by atoms with Crippen LogP contribution in [0.15, 0.2) is 18.2 Å². The van der Waals surface area contributed by atoms with Gasteiger partial charge in [0.15, 0.2) is 0 Å². The molecule has 0 aliphatic carbocycles. The first-order chi connectivity index (χ1) is 6.22. The van der Waals surface area contributed by atoms with E-state index in [1.54, 1.807) is 12.1 Å². The van der Waals surface area contributed by atoms with Crippen molar-refractivity contribution in [3.8, 4) is 5.75 Å². The molecule has 68 valence electrons. The minimum Gasteiger partial charge on any atom is -0.508 e. The fourth-order valence-electron chi connectivity index (χ4n) is 1.66. The number of phenols is 1. The van der Waals surface area contributed by atoms with Crippen molar-refractivity contribution in [2.24, 2.45) is 7.05 Å². The molecule has 1 heterocycles. The number of hydrogen-bond donors (Lipinski definition) is 1. The maximum atomic E-state index is 9.25. The van der Waals surface area contributed by atoms with Crippen LogP contribution < -0.4 is 0 Å². The highest BCUT2D eigenvalue weighted by molar-refractivity contribution is 5.82. The molecule has 0 aliphatic rings. The number of nitrogens with zero attached hydrogens (tertiary/aromatic N) is 2. The second-order valence-electron chi connectivity index (χ2n) is 3.13. The average Bonchev–Trinajstić information content (AvgIpc) is 2.39. The summed E-state index contributed by atoms with van der Waals surface area (Å²) in [6.07, 6.45) is 0.956. The summed E-state index contributed by atoms with van der Waals surface area (Å²) >= 11 is 0. The topological polar surface area (TPSA) is 38.1 Å². The Balaban J connectivity index is 2.79. The highest BCUT2D eigenvalue weighted by Gasteiger charge is 2.06. The third-order valence-electron chi connectivity index (χ3n) is 2.28. The number of aromatic nitrogens is 2. The molecule has 0 saturated heterocycles. The molecule has 0 fully saturated rings. The molecule has 13 heavy (non-hydrogen) atoms. The molecule has 1 aromatic carbocycles.